The number of carbonyl (C=O) groups is 1. The van der Waals surface area contributed by atoms with Crippen LogP contribution < -0.4 is 11.1 Å². The zero-order valence-corrected chi connectivity index (χ0v) is 12.7. The maximum Gasteiger partial charge on any atom is 0.244 e. The first kappa shape index (κ1) is 15.0. The van der Waals surface area contributed by atoms with E-state index in [2.05, 4.69) is 11.6 Å². The number of amides is 1. The molecule has 0 aromatic heterocycles. The lowest BCUT2D eigenvalue weighted by Crippen LogP contribution is -2.38. The molecule has 0 saturated heterocycles. The van der Waals surface area contributed by atoms with Crippen molar-refractivity contribution in [2.75, 3.05) is 12.0 Å². The zero-order valence-electron chi connectivity index (χ0n) is 11.8. The van der Waals surface area contributed by atoms with E-state index in [0.29, 0.717) is 11.3 Å². The van der Waals surface area contributed by atoms with Crippen molar-refractivity contribution in [2.24, 2.45) is 0 Å². The number of hydrogen-bond donors (Lipinski definition) is 2. The molecule has 1 aliphatic carbocycles. The molecule has 0 radical (unpaired) electrons. The fourth-order valence-corrected chi connectivity index (χ4v) is 3.35. The Morgan fingerprint density at radius 1 is 1.35 bits per heavy atom. The van der Waals surface area contributed by atoms with Crippen LogP contribution in [0.5, 0.6) is 0 Å². The first-order valence-corrected chi connectivity index (χ1v) is 8.33. The molecule has 2 rings (SSSR count). The van der Waals surface area contributed by atoms with Gasteiger partial charge in [-0.15, -0.1) is 0 Å². The van der Waals surface area contributed by atoms with Gasteiger partial charge in [0.2, 0.25) is 5.91 Å². The molecule has 1 aromatic carbocycles. The third-order valence-corrected chi connectivity index (χ3v) is 4.76. The summed E-state index contributed by atoms with van der Waals surface area (Å²) < 4.78 is 0. The summed E-state index contributed by atoms with van der Waals surface area (Å²) in [4.78, 5) is 11.9. The fourth-order valence-electron chi connectivity index (χ4n) is 2.52. The van der Waals surface area contributed by atoms with Crippen LogP contribution in [0.2, 0.25) is 0 Å². The molecular formula is C16H22N2OS. The second kappa shape index (κ2) is 7.39. The van der Waals surface area contributed by atoms with E-state index in [1.807, 2.05) is 42.1 Å². The van der Waals surface area contributed by atoms with Gasteiger partial charge in [0, 0.05) is 23.1 Å². The molecule has 2 atom stereocenters. The van der Waals surface area contributed by atoms with Crippen LogP contribution in [0.3, 0.4) is 0 Å². The van der Waals surface area contributed by atoms with Crippen molar-refractivity contribution in [1.82, 2.24) is 5.32 Å². The molecule has 108 valence electrons. The van der Waals surface area contributed by atoms with Gasteiger partial charge in [0.1, 0.15) is 0 Å². The summed E-state index contributed by atoms with van der Waals surface area (Å²) >= 11 is 1.91. The number of benzene rings is 1. The molecule has 2 unspecified atom stereocenters. The molecule has 4 heteroatoms. The first-order valence-electron chi connectivity index (χ1n) is 7.04. The molecule has 1 aliphatic rings. The lowest BCUT2D eigenvalue weighted by molar-refractivity contribution is -0.117. The summed E-state index contributed by atoms with van der Waals surface area (Å²) in [6.45, 7) is 0. The van der Waals surface area contributed by atoms with E-state index in [4.69, 9.17) is 5.73 Å². The minimum Gasteiger partial charge on any atom is -0.399 e. The summed E-state index contributed by atoms with van der Waals surface area (Å²) in [5.74, 6) is -0.00595. The number of nitrogens with one attached hydrogen (secondary N) is 1. The Kier molecular flexibility index (Phi) is 5.53. The van der Waals surface area contributed by atoms with Crippen LogP contribution in [-0.4, -0.2) is 23.5 Å². The SMILES string of the molecule is CSC1CCCC(NC(=O)/C=C/c2ccc(N)cc2)C1. The second-order valence-electron chi connectivity index (χ2n) is 5.23. The number of rotatable bonds is 4. The van der Waals surface area contributed by atoms with E-state index in [-0.39, 0.29) is 5.91 Å². The van der Waals surface area contributed by atoms with Gasteiger partial charge in [-0.05, 0) is 49.3 Å². The Bertz CT molecular complexity index is 470. The van der Waals surface area contributed by atoms with Gasteiger partial charge in [-0.2, -0.15) is 11.8 Å². The molecule has 3 N–H and O–H groups in total. The van der Waals surface area contributed by atoms with Crippen LogP contribution in [0.15, 0.2) is 30.3 Å². The van der Waals surface area contributed by atoms with Gasteiger partial charge in [0.15, 0.2) is 0 Å². The van der Waals surface area contributed by atoms with E-state index in [1.165, 1.54) is 12.8 Å². The maximum absolute atomic E-state index is 11.9. The van der Waals surface area contributed by atoms with Crippen molar-refractivity contribution in [3.8, 4) is 0 Å². The lowest BCUT2D eigenvalue weighted by Gasteiger charge is -2.28. The zero-order chi connectivity index (χ0) is 14.4. The summed E-state index contributed by atoms with van der Waals surface area (Å²) in [5.41, 5.74) is 7.35. The van der Waals surface area contributed by atoms with E-state index in [1.54, 1.807) is 6.08 Å². The highest BCUT2D eigenvalue weighted by atomic mass is 32.2. The van der Waals surface area contributed by atoms with Crippen LogP contribution >= 0.6 is 11.8 Å². The Morgan fingerprint density at radius 2 is 2.10 bits per heavy atom. The second-order valence-corrected chi connectivity index (χ2v) is 6.37. The van der Waals surface area contributed by atoms with Gasteiger partial charge >= 0.3 is 0 Å². The summed E-state index contributed by atoms with van der Waals surface area (Å²) in [5, 5.41) is 3.79. The van der Waals surface area contributed by atoms with Gasteiger partial charge in [-0.3, -0.25) is 4.79 Å². The van der Waals surface area contributed by atoms with Crippen molar-refractivity contribution < 1.29 is 4.79 Å². The molecule has 1 amide bonds. The number of thioether (sulfide) groups is 1. The van der Waals surface area contributed by atoms with Crippen LogP contribution in [0, 0.1) is 0 Å². The van der Waals surface area contributed by atoms with Gasteiger partial charge in [-0.25, -0.2) is 0 Å². The number of hydrogen-bond acceptors (Lipinski definition) is 3. The van der Waals surface area contributed by atoms with Gasteiger partial charge < -0.3 is 11.1 Å². The summed E-state index contributed by atoms with van der Waals surface area (Å²) in [6.07, 6.45) is 10.2. The molecular weight excluding hydrogens is 268 g/mol. The molecule has 0 aliphatic heterocycles. The Labute approximate surface area is 125 Å². The average molecular weight is 290 g/mol. The van der Waals surface area contributed by atoms with Crippen molar-refractivity contribution in [3.05, 3.63) is 35.9 Å². The number of anilines is 1. The van der Waals surface area contributed by atoms with Crippen molar-refractivity contribution in [2.45, 2.75) is 37.0 Å². The normalized spacial score (nSPS) is 22.9. The number of carbonyl (C=O) groups excluding carboxylic acids is 1. The smallest absolute Gasteiger partial charge is 0.244 e. The van der Waals surface area contributed by atoms with Gasteiger partial charge in [-0.1, -0.05) is 18.6 Å². The van der Waals surface area contributed by atoms with Crippen LogP contribution in [-0.2, 0) is 4.79 Å². The monoisotopic (exact) mass is 290 g/mol. The summed E-state index contributed by atoms with van der Waals surface area (Å²) in [6, 6.07) is 7.81. The summed E-state index contributed by atoms with van der Waals surface area (Å²) in [7, 11) is 0. The number of nitrogen functional groups attached to an aromatic ring is 1. The van der Waals surface area contributed by atoms with Crippen LogP contribution in [0.1, 0.15) is 31.2 Å². The third kappa shape index (κ3) is 4.60. The largest absolute Gasteiger partial charge is 0.399 e. The van der Waals surface area contributed by atoms with Crippen LogP contribution in [0.25, 0.3) is 6.08 Å². The van der Waals surface area contributed by atoms with Crippen molar-refractivity contribution in [3.63, 3.8) is 0 Å². The molecule has 1 fully saturated rings. The predicted molar refractivity (Wildman–Crippen MR) is 87.6 cm³/mol. The highest BCUT2D eigenvalue weighted by Gasteiger charge is 2.21. The maximum atomic E-state index is 11.9. The van der Waals surface area contributed by atoms with Gasteiger partial charge in [0.05, 0.1) is 0 Å². The average Bonchev–Trinajstić information content (AvgIpc) is 2.47. The molecule has 3 nitrogen and oxygen atoms in total. The number of nitrogens with two attached hydrogens (primary N) is 1. The minimum absolute atomic E-state index is 0.00595. The van der Waals surface area contributed by atoms with Crippen LogP contribution in [0.4, 0.5) is 5.69 Å². The van der Waals surface area contributed by atoms with E-state index >= 15 is 0 Å². The molecule has 1 saturated carbocycles. The predicted octanol–water partition coefficient (Wildman–Crippen LogP) is 3.07. The Morgan fingerprint density at radius 3 is 2.80 bits per heavy atom. The molecule has 0 heterocycles. The quantitative estimate of drug-likeness (QED) is 0.662. The van der Waals surface area contributed by atoms with E-state index < -0.39 is 0 Å². The van der Waals surface area contributed by atoms with Crippen molar-refractivity contribution >= 4 is 29.4 Å². The topological polar surface area (TPSA) is 55.1 Å². The minimum atomic E-state index is -0.00595. The third-order valence-electron chi connectivity index (χ3n) is 3.67. The molecule has 20 heavy (non-hydrogen) atoms. The molecule has 0 spiro atoms. The molecule has 1 aromatic rings. The highest BCUT2D eigenvalue weighted by Crippen LogP contribution is 2.26. The van der Waals surface area contributed by atoms with Gasteiger partial charge in [0.25, 0.3) is 0 Å². The standard InChI is InChI=1S/C16H22N2OS/c1-20-15-4-2-3-14(11-15)18-16(19)10-7-12-5-8-13(17)9-6-12/h5-10,14-15H,2-4,11,17H2,1H3,(H,18,19)/b10-7+. The van der Waals surface area contributed by atoms with E-state index in [0.717, 1.165) is 24.1 Å². The molecule has 0 bridgehead atoms. The fraction of sp³-hybridized carbons (Fsp3) is 0.438. The Hall–Kier alpha value is -1.42. The lowest BCUT2D eigenvalue weighted by atomic mass is 9.95. The van der Waals surface area contributed by atoms with E-state index in [9.17, 15) is 4.79 Å². The Balaban J connectivity index is 1.84. The van der Waals surface area contributed by atoms with Crippen molar-refractivity contribution in [1.29, 1.82) is 0 Å². The highest BCUT2D eigenvalue weighted by molar-refractivity contribution is 7.99. The first-order chi connectivity index (χ1) is 9.67.